The number of rotatable bonds is 2. The molecule has 0 spiro atoms. The van der Waals surface area contributed by atoms with Crippen LogP contribution in [-0.2, 0) is 0 Å². The van der Waals surface area contributed by atoms with Crippen molar-refractivity contribution in [2.45, 2.75) is 25.3 Å². The van der Waals surface area contributed by atoms with Gasteiger partial charge in [-0.3, -0.25) is 0 Å². The number of fused-ring (bicyclic) bond motifs is 1. The van der Waals surface area contributed by atoms with Gasteiger partial charge in [-0.2, -0.15) is 0 Å². The van der Waals surface area contributed by atoms with Gasteiger partial charge >= 0.3 is 5.97 Å². The van der Waals surface area contributed by atoms with E-state index in [4.69, 9.17) is 5.11 Å². The second kappa shape index (κ2) is 3.55. The Morgan fingerprint density at radius 3 is 2.82 bits per heavy atom. The third kappa shape index (κ3) is 1.42. The van der Waals surface area contributed by atoms with Crippen molar-refractivity contribution in [2.24, 2.45) is 0 Å². The SMILES string of the molecule is O=C(O)c1nc2c(F)cccc2n1C1CCC1. The van der Waals surface area contributed by atoms with E-state index in [2.05, 4.69) is 4.98 Å². The largest absolute Gasteiger partial charge is 0.475 e. The van der Waals surface area contributed by atoms with Crippen LogP contribution in [0.15, 0.2) is 18.2 Å². The van der Waals surface area contributed by atoms with Crippen LogP contribution >= 0.6 is 0 Å². The fourth-order valence-corrected chi connectivity index (χ4v) is 2.25. The number of benzene rings is 1. The first kappa shape index (κ1) is 10.3. The molecule has 0 aliphatic heterocycles. The van der Waals surface area contributed by atoms with Crippen LogP contribution in [0, 0.1) is 5.82 Å². The number of imidazole rings is 1. The van der Waals surface area contributed by atoms with E-state index >= 15 is 0 Å². The molecule has 4 nitrogen and oxygen atoms in total. The molecule has 1 saturated carbocycles. The lowest BCUT2D eigenvalue weighted by molar-refractivity contribution is 0.0672. The Morgan fingerprint density at radius 2 is 2.24 bits per heavy atom. The van der Waals surface area contributed by atoms with Crippen molar-refractivity contribution in [2.75, 3.05) is 0 Å². The number of carboxylic acids is 1. The van der Waals surface area contributed by atoms with Gasteiger partial charge in [-0.05, 0) is 31.4 Å². The van der Waals surface area contributed by atoms with Gasteiger partial charge in [0.1, 0.15) is 5.52 Å². The Balaban J connectivity index is 2.31. The van der Waals surface area contributed by atoms with Gasteiger partial charge in [0, 0.05) is 6.04 Å². The molecule has 2 aromatic rings. The summed E-state index contributed by atoms with van der Waals surface area (Å²) in [7, 11) is 0. The lowest BCUT2D eigenvalue weighted by Gasteiger charge is -2.28. The molecule has 1 aromatic heterocycles. The summed E-state index contributed by atoms with van der Waals surface area (Å²) in [6, 6.07) is 4.75. The maximum atomic E-state index is 13.6. The van der Waals surface area contributed by atoms with Gasteiger partial charge in [0.2, 0.25) is 5.82 Å². The molecule has 0 bridgehead atoms. The number of carboxylic acid groups (broad SMARTS) is 1. The second-order valence-corrected chi connectivity index (χ2v) is 4.30. The fourth-order valence-electron chi connectivity index (χ4n) is 2.25. The van der Waals surface area contributed by atoms with Crippen molar-refractivity contribution >= 4 is 17.0 Å². The van der Waals surface area contributed by atoms with Crippen LogP contribution in [0.1, 0.15) is 35.9 Å². The summed E-state index contributed by atoms with van der Waals surface area (Å²) >= 11 is 0. The average molecular weight is 234 g/mol. The zero-order valence-corrected chi connectivity index (χ0v) is 9.06. The van der Waals surface area contributed by atoms with Gasteiger partial charge in [0.25, 0.3) is 0 Å². The number of hydrogen-bond acceptors (Lipinski definition) is 2. The van der Waals surface area contributed by atoms with Gasteiger partial charge in [0.15, 0.2) is 5.82 Å². The predicted molar refractivity (Wildman–Crippen MR) is 59.5 cm³/mol. The van der Waals surface area contributed by atoms with Crippen molar-refractivity contribution in [3.8, 4) is 0 Å². The smallest absolute Gasteiger partial charge is 0.372 e. The summed E-state index contributed by atoms with van der Waals surface area (Å²) in [6.45, 7) is 0. The van der Waals surface area contributed by atoms with Crippen LogP contribution in [0.4, 0.5) is 4.39 Å². The fraction of sp³-hybridized carbons (Fsp3) is 0.333. The summed E-state index contributed by atoms with van der Waals surface area (Å²) in [4.78, 5) is 15.0. The first-order valence-corrected chi connectivity index (χ1v) is 5.58. The zero-order valence-electron chi connectivity index (χ0n) is 9.06. The molecule has 0 atom stereocenters. The molecule has 1 heterocycles. The molecule has 1 N–H and O–H groups in total. The highest BCUT2D eigenvalue weighted by molar-refractivity contribution is 5.90. The topological polar surface area (TPSA) is 55.1 Å². The molecular formula is C12H11FN2O2. The zero-order chi connectivity index (χ0) is 12.0. The molecule has 3 rings (SSSR count). The van der Waals surface area contributed by atoms with Gasteiger partial charge in [-0.15, -0.1) is 0 Å². The minimum Gasteiger partial charge on any atom is -0.475 e. The molecule has 1 fully saturated rings. The van der Waals surface area contributed by atoms with Gasteiger partial charge in [0.05, 0.1) is 5.52 Å². The molecular weight excluding hydrogens is 223 g/mol. The van der Waals surface area contributed by atoms with Gasteiger partial charge < -0.3 is 9.67 Å². The van der Waals surface area contributed by atoms with Crippen LogP contribution < -0.4 is 0 Å². The van der Waals surface area contributed by atoms with Crippen molar-refractivity contribution < 1.29 is 14.3 Å². The van der Waals surface area contributed by atoms with Crippen LogP contribution in [0.3, 0.4) is 0 Å². The van der Waals surface area contributed by atoms with Crippen molar-refractivity contribution in [3.05, 3.63) is 29.8 Å². The van der Waals surface area contributed by atoms with Crippen LogP contribution in [0.2, 0.25) is 0 Å². The number of nitrogens with zero attached hydrogens (tertiary/aromatic N) is 2. The Hall–Kier alpha value is -1.91. The molecule has 1 aliphatic carbocycles. The molecule has 0 radical (unpaired) electrons. The van der Waals surface area contributed by atoms with Crippen LogP contribution in [0.25, 0.3) is 11.0 Å². The number of halogens is 1. The monoisotopic (exact) mass is 234 g/mol. The number of aromatic nitrogens is 2. The minimum absolute atomic E-state index is 0.0604. The summed E-state index contributed by atoms with van der Waals surface area (Å²) in [5, 5.41) is 9.12. The molecule has 0 saturated heterocycles. The lowest BCUT2D eigenvalue weighted by Crippen LogP contribution is -2.21. The third-order valence-electron chi connectivity index (χ3n) is 3.30. The maximum Gasteiger partial charge on any atom is 0.372 e. The van der Waals surface area contributed by atoms with Crippen LogP contribution in [-0.4, -0.2) is 20.6 Å². The summed E-state index contributed by atoms with van der Waals surface area (Å²) < 4.78 is 15.2. The Kier molecular flexibility index (Phi) is 2.14. The van der Waals surface area contributed by atoms with Crippen molar-refractivity contribution in [1.29, 1.82) is 0 Å². The molecule has 5 heteroatoms. The molecule has 88 valence electrons. The van der Waals surface area contributed by atoms with E-state index in [0.717, 1.165) is 19.3 Å². The summed E-state index contributed by atoms with van der Waals surface area (Å²) in [6.07, 6.45) is 2.95. The Labute approximate surface area is 96.7 Å². The van der Waals surface area contributed by atoms with E-state index in [-0.39, 0.29) is 17.4 Å². The van der Waals surface area contributed by atoms with Gasteiger partial charge in [-0.1, -0.05) is 6.07 Å². The normalized spacial score (nSPS) is 16.1. The standard InChI is InChI=1S/C12H11FN2O2/c13-8-5-2-6-9-10(8)14-11(12(16)17)15(9)7-3-1-4-7/h2,5-7H,1,3-4H2,(H,16,17). The summed E-state index contributed by atoms with van der Waals surface area (Å²) in [5.74, 6) is -1.63. The minimum atomic E-state index is -1.10. The van der Waals surface area contributed by atoms with Crippen molar-refractivity contribution in [1.82, 2.24) is 9.55 Å². The van der Waals surface area contributed by atoms with E-state index in [0.29, 0.717) is 5.52 Å². The lowest BCUT2D eigenvalue weighted by atomic mass is 9.92. The van der Waals surface area contributed by atoms with E-state index in [1.165, 1.54) is 6.07 Å². The first-order valence-electron chi connectivity index (χ1n) is 5.58. The highest BCUT2D eigenvalue weighted by Gasteiger charge is 2.27. The van der Waals surface area contributed by atoms with E-state index in [9.17, 15) is 9.18 Å². The molecule has 1 aliphatic rings. The molecule has 0 unspecified atom stereocenters. The Morgan fingerprint density at radius 1 is 1.47 bits per heavy atom. The first-order chi connectivity index (χ1) is 8.18. The molecule has 1 aromatic carbocycles. The highest BCUT2D eigenvalue weighted by Crippen LogP contribution is 2.35. The molecule has 0 amide bonds. The summed E-state index contributed by atoms with van der Waals surface area (Å²) in [5.41, 5.74) is 0.726. The molecule has 17 heavy (non-hydrogen) atoms. The number of carbonyl (C=O) groups is 1. The van der Waals surface area contributed by atoms with E-state index in [1.54, 1.807) is 16.7 Å². The Bertz CT molecular complexity index is 602. The van der Waals surface area contributed by atoms with Crippen molar-refractivity contribution in [3.63, 3.8) is 0 Å². The van der Waals surface area contributed by atoms with E-state index < -0.39 is 11.8 Å². The van der Waals surface area contributed by atoms with E-state index in [1.807, 2.05) is 0 Å². The highest BCUT2D eigenvalue weighted by atomic mass is 19.1. The number of para-hydroxylation sites is 1. The third-order valence-corrected chi connectivity index (χ3v) is 3.30. The quantitative estimate of drug-likeness (QED) is 0.868. The van der Waals surface area contributed by atoms with Gasteiger partial charge in [-0.25, -0.2) is 14.2 Å². The van der Waals surface area contributed by atoms with Crippen LogP contribution in [0.5, 0.6) is 0 Å². The maximum absolute atomic E-state index is 13.6. The number of aromatic carboxylic acids is 1. The number of hydrogen-bond donors (Lipinski definition) is 1. The average Bonchev–Trinajstić information content (AvgIpc) is 2.57. The second-order valence-electron chi connectivity index (χ2n) is 4.30. The predicted octanol–water partition coefficient (Wildman–Crippen LogP) is 2.60.